The first-order chi connectivity index (χ1) is 15.0. The minimum Gasteiger partial charge on any atom is -0.543 e. The molecular formula is C19H21BrClN2NaO9. The number of ether oxygens (including phenoxy) is 2. The fourth-order valence-electron chi connectivity index (χ4n) is 3.61. The van der Waals surface area contributed by atoms with Crippen LogP contribution >= 0.6 is 27.5 Å². The Morgan fingerprint density at radius 1 is 1.45 bits per heavy atom. The second-order valence-electron chi connectivity index (χ2n) is 7.40. The molecule has 6 atom stereocenters. The van der Waals surface area contributed by atoms with Crippen molar-refractivity contribution in [3.8, 4) is 5.75 Å². The molecule has 1 aromatic carbocycles. The monoisotopic (exact) mass is 558 g/mol. The number of H-pyrrole nitrogens is 1. The molecule has 0 bridgehead atoms. The Morgan fingerprint density at radius 3 is 2.70 bits per heavy atom. The molecule has 6 N–H and O–H groups in total. The van der Waals surface area contributed by atoms with Crippen LogP contribution in [0.25, 0.3) is 10.9 Å². The van der Waals surface area contributed by atoms with E-state index < -0.39 is 61.1 Å². The largest absolute Gasteiger partial charge is 1.00 e. The molecule has 0 spiro atoms. The average Bonchev–Trinajstić information content (AvgIpc) is 3.14. The molecule has 0 radical (unpaired) electrons. The van der Waals surface area contributed by atoms with E-state index >= 15 is 0 Å². The number of carboxylic acids is 1. The molecule has 2 aromatic rings. The van der Waals surface area contributed by atoms with E-state index in [4.69, 9.17) is 21.1 Å². The number of rotatable bonds is 7. The summed E-state index contributed by atoms with van der Waals surface area (Å²) < 4.78 is 11.7. The van der Waals surface area contributed by atoms with Crippen molar-refractivity contribution >= 4 is 50.3 Å². The summed E-state index contributed by atoms with van der Waals surface area (Å²) in [5.41, 5.74) is 0.515. The van der Waals surface area contributed by atoms with Crippen molar-refractivity contribution in [1.82, 2.24) is 10.3 Å². The maximum Gasteiger partial charge on any atom is 1.00 e. The van der Waals surface area contributed by atoms with Crippen molar-refractivity contribution < 1.29 is 74.2 Å². The molecule has 1 aliphatic rings. The van der Waals surface area contributed by atoms with Gasteiger partial charge in [0, 0.05) is 24.0 Å². The van der Waals surface area contributed by atoms with Gasteiger partial charge in [-0.2, -0.15) is 0 Å². The van der Waals surface area contributed by atoms with Crippen LogP contribution in [-0.4, -0.2) is 80.1 Å². The normalized spacial score (nSPS) is 26.8. The van der Waals surface area contributed by atoms with Crippen molar-refractivity contribution in [2.75, 3.05) is 6.61 Å². The predicted molar refractivity (Wildman–Crippen MR) is 112 cm³/mol. The van der Waals surface area contributed by atoms with Gasteiger partial charge in [0.15, 0.2) is 0 Å². The number of aromatic nitrogens is 1. The van der Waals surface area contributed by atoms with E-state index in [0.717, 1.165) is 6.92 Å². The molecule has 3 rings (SSSR count). The van der Waals surface area contributed by atoms with Gasteiger partial charge in [-0.05, 0) is 28.1 Å². The molecular weight excluding hydrogens is 539 g/mol. The minimum atomic E-state index is -2.63. The molecule has 1 unspecified atom stereocenters. The number of hydrogen-bond acceptors (Lipinski definition) is 9. The van der Waals surface area contributed by atoms with Crippen LogP contribution in [0.5, 0.6) is 5.75 Å². The SMILES string of the molecule is CC(=O)NC1[C@H]([C@@H](O)[C@@H](O)CO)O[C@@](Oc2c[nH]c3ccc(Br)c(Cl)c23)(C(=O)[O-])C[C@@H]1O.[Na+]. The maximum atomic E-state index is 12.2. The van der Waals surface area contributed by atoms with Crippen LogP contribution < -0.4 is 44.7 Å². The van der Waals surface area contributed by atoms with Gasteiger partial charge in [0.05, 0.1) is 34.7 Å². The second-order valence-corrected chi connectivity index (χ2v) is 8.63. The molecule has 1 aliphatic heterocycles. The van der Waals surface area contributed by atoms with E-state index in [1.807, 2.05) is 0 Å². The molecule has 0 saturated carbocycles. The van der Waals surface area contributed by atoms with Crippen LogP contribution in [0.2, 0.25) is 5.02 Å². The second kappa shape index (κ2) is 11.2. The Kier molecular flexibility index (Phi) is 9.61. The third kappa shape index (κ3) is 5.67. The Hall–Kier alpha value is -0.930. The van der Waals surface area contributed by atoms with Gasteiger partial charge in [-0.15, -0.1) is 0 Å². The predicted octanol–water partition coefficient (Wildman–Crippen LogP) is -4.22. The standard InChI is InChI=1S/C19H22BrClN2O9.Na/c1-7(25)23-15-10(26)4-19(18(29)30,32-17(15)16(28)11(27)6-24)31-12-5-22-9-3-2-8(20)14(21)13(9)12;/h2-3,5,10-11,15-17,22,24,26-28H,4,6H2,1H3,(H,23,25)(H,29,30);/q;+1/p-1/t10-,11-,15?,16-,17+,19+;/m0./s1. The molecule has 1 saturated heterocycles. The topological polar surface area (TPSA) is 184 Å². The zero-order valence-corrected chi connectivity index (χ0v) is 22.0. The molecule has 176 valence electrons. The van der Waals surface area contributed by atoms with Gasteiger partial charge < -0.3 is 50.1 Å². The van der Waals surface area contributed by atoms with Gasteiger partial charge in [-0.1, -0.05) is 11.6 Å². The molecule has 2 heterocycles. The molecule has 33 heavy (non-hydrogen) atoms. The van der Waals surface area contributed by atoms with Crippen molar-refractivity contribution in [3.05, 3.63) is 27.8 Å². The number of aromatic amines is 1. The van der Waals surface area contributed by atoms with Gasteiger partial charge in [0.1, 0.15) is 30.0 Å². The van der Waals surface area contributed by atoms with E-state index in [1.165, 1.54) is 6.20 Å². The zero-order chi connectivity index (χ0) is 23.8. The maximum absolute atomic E-state index is 12.2. The first-order valence-electron chi connectivity index (χ1n) is 9.46. The molecule has 11 nitrogen and oxygen atoms in total. The fraction of sp³-hybridized carbons (Fsp3) is 0.474. The van der Waals surface area contributed by atoms with E-state index in [-0.39, 0.29) is 40.3 Å². The number of carbonyl (C=O) groups is 2. The van der Waals surface area contributed by atoms with Crippen LogP contribution in [-0.2, 0) is 14.3 Å². The number of aliphatic hydroxyl groups excluding tert-OH is 4. The average molecular weight is 560 g/mol. The van der Waals surface area contributed by atoms with Crippen molar-refractivity contribution in [2.45, 2.75) is 49.6 Å². The molecule has 1 fully saturated rings. The summed E-state index contributed by atoms with van der Waals surface area (Å²) in [5, 5.41) is 55.2. The van der Waals surface area contributed by atoms with Gasteiger partial charge in [0.25, 0.3) is 5.79 Å². The van der Waals surface area contributed by atoms with Gasteiger partial charge in [-0.3, -0.25) is 4.79 Å². The Morgan fingerprint density at radius 2 is 2.12 bits per heavy atom. The van der Waals surface area contributed by atoms with Crippen LogP contribution in [0.3, 0.4) is 0 Å². The molecule has 14 heteroatoms. The number of aliphatic carboxylic acids is 1. The van der Waals surface area contributed by atoms with E-state index in [2.05, 4.69) is 26.2 Å². The Labute approximate surface area is 223 Å². The van der Waals surface area contributed by atoms with Crippen LogP contribution in [0.4, 0.5) is 0 Å². The number of carbonyl (C=O) groups excluding carboxylic acids is 2. The smallest absolute Gasteiger partial charge is 0.543 e. The number of fused-ring (bicyclic) bond motifs is 1. The number of aliphatic hydroxyl groups is 4. The third-order valence-corrected chi connectivity index (χ3v) is 6.43. The molecule has 0 aliphatic carbocycles. The van der Waals surface area contributed by atoms with Gasteiger partial charge in [0.2, 0.25) is 5.91 Å². The van der Waals surface area contributed by atoms with Crippen LogP contribution in [0.15, 0.2) is 22.8 Å². The zero-order valence-electron chi connectivity index (χ0n) is 17.6. The van der Waals surface area contributed by atoms with Crippen molar-refractivity contribution in [2.24, 2.45) is 0 Å². The summed E-state index contributed by atoms with van der Waals surface area (Å²) in [5.74, 6) is -5.16. The Balaban J connectivity index is 0.00000385. The van der Waals surface area contributed by atoms with Crippen LogP contribution in [0.1, 0.15) is 13.3 Å². The fourth-order valence-corrected chi connectivity index (χ4v) is 4.20. The summed E-state index contributed by atoms with van der Waals surface area (Å²) in [6, 6.07) is 2.01. The first-order valence-corrected chi connectivity index (χ1v) is 10.6. The quantitative estimate of drug-likeness (QED) is 0.183. The summed E-state index contributed by atoms with van der Waals surface area (Å²) in [6.07, 6.45) is -6.30. The molecule has 1 amide bonds. The summed E-state index contributed by atoms with van der Waals surface area (Å²) in [7, 11) is 0. The van der Waals surface area contributed by atoms with E-state index in [1.54, 1.807) is 12.1 Å². The molecule has 1 aromatic heterocycles. The van der Waals surface area contributed by atoms with Crippen LogP contribution in [0, 0.1) is 0 Å². The number of hydrogen-bond donors (Lipinski definition) is 6. The van der Waals surface area contributed by atoms with Gasteiger partial charge >= 0.3 is 29.6 Å². The summed E-state index contributed by atoms with van der Waals surface area (Å²) in [4.78, 5) is 26.6. The first kappa shape index (κ1) is 28.3. The Bertz CT molecular complexity index is 1020. The minimum absolute atomic E-state index is 0. The van der Waals surface area contributed by atoms with E-state index in [9.17, 15) is 35.1 Å². The number of carboxylic acid groups (broad SMARTS) is 1. The number of amides is 1. The van der Waals surface area contributed by atoms with Crippen molar-refractivity contribution in [1.29, 1.82) is 0 Å². The van der Waals surface area contributed by atoms with E-state index in [0.29, 0.717) is 15.4 Å². The summed E-state index contributed by atoms with van der Waals surface area (Å²) >= 11 is 9.58. The number of nitrogens with one attached hydrogen (secondary N) is 2. The third-order valence-electron chi connectivity index (χ3n) is 5.15. The van der Waals surface area contributed by atoms with Crippen molar-refractivity contribution in [3.63, 3.8) is 0 Å². The number of halogens is 2. The number of benzene rings is 1. The summed E-state index contributed by atoms with van der Waals surface area (Å²) in [6.45, 7) is 0.247. The van der Waals surface area contributed by atoms with Gasteiger partial charge in [-0.25, -0.2) is 0 Å².